The monoisotopic (exact) mass is 274 g/mol. The fraction of sp³-hybridized carbons (Fsp3) is 0.588. The smallest absolute Gasteiger partial charge is 0.240 e. The van der Waals surface area contributed by atoms with Gasteiger partial charge in [0.2, 0.25) is 5.91 Å². The van der Waals surface area contributed by atoms with Crippen LogP contribution in [-0.2, 0) is 11.2 Å². The maximum atomic E-state index is 12.6. The highest BCUT2D eigenvalue weighted by Crippen LogP contribution is 2.34. The summed E-state index contributed by atoms with van der Waals surface area (Å²) in [6.45, 7) is 6.04. The van der Waals surface area contributed by atoms with Gasteiger partial charge in [-0.3, -0.25) is 4.79 Å². The van der Waals surface area contributed by atoms with Gasteiger partial charge in [0, 0.05) is 7.05 Å². The second-order valence-corrected chi connectivity index (χ2v) is 6.90. The third-order valence-corrected chi connectivity index (χ3v) is 4.35. The van der Waals surface area contributed by atoms with E-state index in [9.17, 15) is 4.79 Å². The Labute approximate surface area is 122 Å². The first-order valence-corrected chi connectivity index (χ1v) is 7.42. The fourth-order valence-electron chi connectivity index (χ4n) is 2.87. The number of likely N-dealkylation sites (N-methyl/N-ethyl adjacent to an activating group) is 1. The Morgan fingerprint density at radius 1 is 1.35 bits per heavy atom. The topological polar surface area (TPSA) is 46.3 Å². The van der Waals surface area contributed by atoms with Gasteiger partial charge in [-0.1, -0.05) is 45.0 Å². The number of benzene rings is 1. The summed E-state index contributed by atoms with van der Waals surface area (Å²) in [5.74, 6) is 0.0409. The number of rotatable bonds is 2. The zero-order valence-electron chi connectivity index (χ0n) is 13.0. The Balaban J connectivity index is 2.23. The fourth-order valence-corrected chi connectivity index (χ4v) is 2.87. The SMILES string of the molecule is CN(C(=O)[C@H](N)C(C)(C)C)C1CCCc2ccccc21. The van der Waals surface area contributed by atoms with Crippen molar-refractivity contribution in [3.63, 3.8) is 0 Å². The van der Waals surface area contributed by atoms with Crippen LogP contribution in [0.3, 0.4) is 0 Å². The Morgan fingerprint density at radius 2 is 2.00 bits per heavy atom. The van der Waals surface area contributed by atoms with Crippen molar-refractivity contribution in [2.75, 3.05) is 7.05 Å². The third kappa shape index (κ3) is 2.88. The molecule has 1 aliphatic rings. The van der Waals surface area contributed by atoms with Crippen molar-refractivity contribution in [3.05, 3.63) is 35.4 Å². The first-order valence-electron chi connectivity index (χ1n) is 7.42. The van der Waals surface area contributed by atoms with Crippen LogP contribution in [0.15, 0.2) is 24.3 Å². The van der Waals surface area contributed by atoms with Gasteiger partial charge in [-0.2, -0.15) is 0 Å². The number of aryl methyl sites for hydroxylation is 1. The molecule has 110 valence electrons. The largest absolute Gasteiger partial charge is 0.337 e. The zero-order chi connectivity index (χ0) is 14.9. The Morgan fingerprint density at radius 3 is 2.65 bits per heavy atom. The number of amides is 1. The molecule has 2 rings (SSSR count). The van der Waals surface area contributed by atoms with E-state index in [1.54, 1.807) is 0 Å². The van der Waals surface area contributed by atoms with Crippen molar-refractivity contribution in [2.45, 2.75) is 52.1 Å². The summed E-state index contributed by atoms with van der Waals surface area (Å²) in [4.78, 5) is 14.5. The predicted molar refractivity (Wildman–Crippen MR) is 82.3 cm³/mol. The second-order valence-electron chi connectivity index (χ2n) is 6.90. The molecule has 0 radical (unpaired) electrons. The van der Waals surface area contributed by atoms with Gasteiger partial charge in [0.25, 0.3) is 0 Å². The molecule has 1 aromatic carbocycles. The number of nitrogens with zero attached hydrogens (tertiary/aromatic N) is 1. The van der Waals surface area contributed by atoms with Crippen molar-refractivity contribution in [2.24, 2.45) is 11.1 Å². The average Bonchev–Trinajstić information content (AvgIpc) is 2.43. The standard InChI is InChI=1S/C17H26N2O/c1-17(2,3)15(18)16(20)19(4)14-11-7-9-12-8-5-6-10-13(12)14/h5-6,8,10,14-15H,7,9,11,18H2,1-4H3/t14?,15-/m0/s1. The van der Waals surface area contributed by atoms with E-state index in [1.165, 1.54) is 11.1 Å². The van der Waals surface area contributed by atoms with Crippen molar-refractivity contribution in [3.8, 4) is 0 Å². The van der Waals surface area contributed by atoms with Gasteiger partial charge in [0.15, 0.2) is 0 Å². The average molecular weight is 274 g/mol. The summed E-state index contributed by atoms with van der Waals surface area (Å²) in [5, 5.41) is 0. The van der Waals surface area contributed by atoms with E-state index < -0.39 is 6.04 Å². The molecular weight excluding hydrogens is 248 g/mol. The molecule has 1 unspecified atom stereocenters. The van der Waals surface area contributed by atoms with Crippen molar-refractivity contribution in [1.29, 1.82) is 0 Å². The van der Waals surface area contributed by atoms with Crippen molar-refractivity contribution >= 4 is 5.91 Å². The van der Waals surface area contributed by atoms with Gasteiger partial charge in [-0.05, 0) is 35.8 Å². The van der Waals surface area contributed by atoms with Gasteiger partial charge in [-0.25, -0.2) is 0 Å². The highest BCUT2D eigenvalue weighted by atomic mass is 16.2. The molecule has 1 amide bonds. The minimum atomic E-state index is -0.457. The van der Waals surface area contributed by atoms with Crippen LogP contribution in [0.4, 0.5) is 0 Å². The van der Waals surface area contributed by atoms with E-state index in [1.807, 2.05) is 32.7 Å². The molecule has 2 atom stereocenters. The number of nitrogens with two attached hydrogens (primary N) is 1. The van der Waals surface area contributed by atoms with Crippen molar-refractivity contribution in [1.82, 2.24) is 4.90 Å². The van der Waals surface area contributed by atoms with Crippen LogP contribution < -0.4 is 5.73 Å². The van der Waals surface area contributed by atoms with E-state index in [4.69, 9.17) is 5.73 Å². The summed E-state index contributed by atoms with van der Waals surface area (Å²) in [7, 11) is 1.89. The number of hydrogen-bond acceptors (Lipinski definition) is 2. The Kier molecular flexibility index (Phi) is 4.19. The van der Waals surface area contributed by atoms with Crippen LogP contribution in [0.1, 0.15) is 50.8 Å². The molecule has 20 heavy (non-hydrogen) atoms. The summed E-state index contributed by atoms with van der Waals surface area (Å²) < 4.78 is 0. The first kappa shape index (κ1) is 15.0. The van der Waals surface area contributed by atoms with E-state index in [-0.39, 0.29) is 17.4 Å². The molecule has 0 aromatic heterocycles. The van der Waals surface area contributed by atoms with Crippen LogP contribution >= 0.6 is 0 Å². The zero-order valence-corrected chi connectivity index (χ0v) is 13.0. The third-order valence-electron chi connectivity index (χ3n) is 4.35. The Hall–Kier alpha value is -1.35. The van der Waals surface area contributed by atoms with E-state index >= 15 is 0 Å². The molecule has 0 aliphatic heterocycles. The highest BCUT2D eigenvalue weighted by molar-refractivity contribution is 5.82. The van der Waals surface area contributed by atoms with Gasteiger partial charge >= 0.3 is 0 Å². The molecule has 0 fully saturated rings. The maximum absolute atomic E-state index is 12.6. The summed E-state index contributed by atoms with van der Waals surface area (Å²) >= 11 is 0. The minimum absolute atomic E-state index is 0.0409. The highest BCUT2D eigenvalue weighted by Gasteiger charge is 2.34. The molecule has 2 N–H and O–H groups in total. The molecule has 3 nitrogen and oxygen atoms in total. The van der Waals surface area contributed by atoms with Crippen LogP contribution in [-0.4, -0.2) is 23.9 Å². The lowest BCUT2D eigenvalue weighted by Crippen LogP contribution is -2.50. The van der Waals surface area contributed by atoms with Gasteiger partial charge in [0.1, 0.15) is 0 Å². The van der Waals surface area contributed by atoms with E-state index in [0.29, 0.717) is 0 Å². The lowest BCUT2D eigenvalue weighted by atomic mass is 9.84. The Bertz CT molecular complexity index is 490. The van der Waals surface area contributed by atoms with Gasteiger partial charge in [0.05, 0.1) is 12.1 Å². The molecule has 3 heteroatoms. The van der Waals surface area contributed by atoms with E-state index in [2.05, 4.69) is 24.3 Å². The van der Waals surface area contributed by atoms with Crippen LogP contribution in [0.25, 0.3) is 0 Å². The van der Waals surface area contributed by atoms with Crippen LogP contribution in [0.2, 0.25) is 0 Å². The lowest BCUT2D eigenvalue weighted by molar-refractivity contribution is -0.136. The normalized spacial score (nSPS) is 20.1. The maximum Gasteiger partial charge on any atom is 0.240 e. The summed E-state index contributed by atoms with van der Waals surface area (Å²) in [6.07, 6.45) is 3.26. The van der Waals surface area contributed by atoms with Gasteiger partial charge < -0.3 is 10.6 Å². The summed E-state index contributed by atoms with van der Waals surface area (Å²) in [6, 6.07) is 8.15. The number of carbonyl (C=O) groups excluding carboxylic acids is 1. The molecule has 0 saturated carbocycles. The molecule has 0 bridgehead atoms. The lowest BCUT2D eigenvalue weighted by Gasteiger charge is -2.37. The van der Waals surface area contributed by atoms with Gasteiger partial charge in [-0.15, -0.1) is 0 Å². The second kappa shape index (κ2) is 5.57. The number of carbonyl (C=O) groups is 1. The quantitative estimate of drug-likeness (QED) is 0.901. The molecule has 0 spiro atoms. The van der Waals surface area contributed by atoms with Crippen molar-refractivity contribution < 1.29 is 4.79 Å². The molecular formula is C17H26N2O. The number of hydrogen-bond donors (Lipinski definition) is 1. The summed E-state index contributed by atoms with van der Waals surface area (Å²) in [5.41, 5.74) is 8.58. The first-order chi connectivity index (χ1) is 9.32. The molecule has 0 heterocycles. The molecule has 1 aliphatic carbocycles. The predicted octanol–water partition coefficient (Wildman–Crippen LogP) is 2.90. The van der Waals surface area contributed by atoms with Crippen LogP contribution in [0, 0.1) is 5.41 Å². The minimum Gasteiger partial charge on any atom is -0.337 e. The van der Waals surface area contributed by atoms with E-state index in [0.717, 1.165) is 19.3 Å². The van der Waals surface area contributed by atoms with Crippen LogP contribution in [0.5, 0.6) is 0 Å². The molecule has 0 saturated heterocycles. The number of fused-ring (bicyclic) bond motifs is 1. The molecule has 1 aromatic rings.